The third kappa shape index (κ3) is 4.73. The monoisotopic (exact) mass is 390 g/mol. The van der Waals surface area contributed by atoms with E-state index in [0.717, 1.165) is 36.8 Å². The van der Waals surface area contributed by atoms with Crippen molar-refractivity contribution < 1.29 is 23.9 Å². The highest BCUT2D eigenvalue weighted by Crippen LogP contribution is 2.59. The average Bonchev–Trinajstić information content (AvgIpc) is 2.57. The van der Waals surface area contributed by atoms with Gasteiger partial charge < -0.3 is 9.47 Å². The van der Waals surface area contributed by atoms with Crippen LogP contribution < -0.4 is 0 Å². The molecule has 0 N–H and O–H groups in total. The van der Waals surface area contributed by atoms with Gasteiger partial charge in [-0.1, -0.05) is 32.8 Å². The molecule has 1 saturated carbocycles. The molecule has 28 heavy (non-hydrogen) atoms. The molecule has 0 radical (unpaired) electrons. The molecule has 0 aromatic carbocycles. The van der Waals surface area contributed by atoms with Crippen molar-refractivity contribution in [1.82, 2.24) is 0 Å². The Kier molecular flexibility index (Phi) is 6.89. The van der Waals surface area contributed by atoms with Crippen LogP contribution in [0.5, 0.6) is 0 Å². The summed E-state index contributed by atoms with van der Waals surface area (Å²) in [7, 11) is 1.33. The van der Waals surface area contributed by atoms with E-state index in [2.05, 4.69) is 20.8 Å². The van der Waals surface area contributed by atoms with Gasteiger partial charge in [-0.3, -0.25) is 9.59 Å². The molecule has 2 aliphatic rings. The molecule has 156 valence electrons. The Morgan fingerprint density at radius 3 is 2.54 bits per heavy atom. The number of esters is 2. The normalized spacial score (nSPS) is 29.6. The maximum Gasteiger partial charge on any atom is 0.330 e. The molecule has 2 aliphatic carbocycles. The molecule has 5 heteroatoms. The zero-order valence-corrected chi connectivity index (χ0v) is 18.1. The van der Waals surface area contributed by atoms with Crippen LogP contribution >= 0.6 is 0 Å². The number of hydrogen-bond donors (Lipinski definition) is 0. The molecule has 1 fully saturated rings. The standard InChI is InChI=1S/C23H34O5/c1-15-12-19(25)21-22(3,4)10-7-11-23(21,5)18(15)9-8-17(13-20(26)27-6)14-28-16(2)24/h12-13,18,21H,7-11,14H2,1-6H3/b17-13+/t18-,21-,23+/m1/s1. The summed E-state index contributed by atoms with van der Waals surface area (Å²) in [5, 5.41) is 0. The van der Waals surface area contributed by atoms with Crippen LogP contribution in [0.15, 0.2) is 23.3 Å². The SMILES string of the molecule is COC(=O)/C=C(\CC[C@@H]1C(C)=CC(=O)[C@@H]2C(C)(C)CCC[C@@]12C)COC(C)=O. The molecular formula is C23H34O5. The Balaban J connectivity index is 2.25. The van der Waals surface area contributed by atoms with E-state index in [9.17, 15) is 14.4 Å². The summed E-state index contributed by atoms with van der Waals surface area (Å²) in [6.07, 6.45) is 7.90. The highest BCUT2D eigenvalue weighted by molar-refractivity contribution is 5.95. The van der Waals surface area contributed by atoms with E-state index < -0.39 is 5.97 Å². The van der Waals surface area contributed by atoms with E-state index in [1.165, 1.54) is 20.1 Å². The summed E-state index contributed by atoms with van der Waals surface area (Å²) in [4.78, 5) is 35.8. The fraction of sp³-hybridized carbons (Fsp3) is 0.696. The molecule has 0 saturated heterocycles. The minimum Gasteiger partial charge on any atom is -0.466 e. The first-order valence-corrected chi connectivity index (χ1v) is 10.1. The lowest BCUT2D eigenvalue weighted by atomic mass is 9.48. The lowest BCUT2D eigenvalue weighted by molar-refractivity contribution is -0.141. The Bertz CT molecular complexity index is 700. The largest absolute Gasteiger partial charge is 0.466 e. The summed E-state index contributed by atoms with van der Waals surface area (Å²) in [5.41, 5.74) is 1.76. The number of carbonyl (C=O) groups is 3. The van der Waals surface area contributed by atoms with Crippen molar-refractivity contribution in [3.05, 3.63) is 23.3 Å². The Labute approximate surface area is 168 Å². The van der Waals surface area contributed by atoms with Gasteiger partial charge in [0.05, 0.1) is 7.11 Å². The quantitative estimate of drug-likeness (QED) is 0.496. The summed E-state index contributed by atoms with van der Waals surface area (Å²) < 4.78 is 9.85. The van der Waals surface area contributed by atoms with Crippen molar-refractivity contribution in [2.45, 2.75) is 66.7 Å². The molecule has 0 bridgehead atoms. The van der Waals surface area contributed by atoms with E-state index in [-0.39, 0.29) is 41.0 Å². The van der Waals surface area contributed by atoms with Gasteiger partial charge in [0.1, 0.15) is 6.61 Å². The van der Waals surface area contributed by atoms with E-state index in [1.54, 1.807) is 0 Å². The zero-order valence-electron chi connectivity index (χ0n) is 18.1. The van der Waals surface area contributed by atoms with Gasteiger partial charge in [-0.05, 0) is 61.0 Å². The molecule has 0 unspecified atom stereocenters. The maximum atomic E-state index is 12.9. The van der Waals surface area contributed by atoms with Crippen molar-refractivity contribution in [2.75, 3.05) is 13.7 Å². The molecule has 0 amide bonds. The van der Waals surface area contributed by atoms with Crippen LogP contribution in [0, 0.1) is 22.7 Å². The van der Waals surface area contributed by atoms with Gasteiger partial charge in [-0.2, -0.15) is 0 Å². The molecule has 0 aromatic rings. The van der Waals surface area contributed by atoms with Crippen LogP contribution in [-0.4, -0.2) is 31.4 Å². The number of ether oxygens (including phenoxy) is 2. The first-order chi connectivity index (χ1) is 13.0. The van der Waals surface area contributed by atoms with Crippen molar-refractivity contribution in [3.8, 4) is 0 Å². The third-order valence-corrected chi connectivity index (χ3v) is 6.72. The topological polar surface area (TPSA) is 69.7 Å². The number of methoxy groups -OCH3 is 1. The zero-order chi connectivity index (χ0) is 21.1. The summed E-state index contributed by atoms with van der Waals surface area (Å²) in [5.74, 6) is -0.296. The number of allylic oxidation sites excluding steroid dienone is 2. The predicted molar refractivity (Wildman–Crippen MR) is 107 cm³/mol. The predicted octanol–water partition coefficient (Wildman–Crippen LogP) is 4.41. The molecule has 2 rings (SSSR count). The summed E-state index contributed by atoms with van der Waals surface area (Å²) >= 11 is 0. The molecule has 0 aliphatic heterocycles. The number of ketones is 1. The van der Waals surface area contributed by atoms with Crippen LogP contribution in [0.3, 0.4) is 0 Å². The van der Waals surface area contributed by atoms with Crippen LogP contribution in [-0.2, 0) is 23.9 Å². The van der Waals surface area contributed by atoms with Crippen molar-refractivity contribution in [1.29, 1.82) is 0 Å². The second-order valence-electron chi connectivity index (χ2n) is 9.27. The number of hydrogen-bond acceptors (Lipinski definition) is 5. The van der Waals surface area contributed by atoms with Crippen LogP contribution in [0.4, 0.5) is 0 Å². The van der Waals surface area contributed by atoms with E-state index in [1.807, 2.05) is 13.0 Å². The minimum atomic E-state index is -0.448. The van der Waals surface area contributed by atoms with Gasteiger partial charge in [-0.25, -0.2) is 4.79 Å². The smallest absolute Gasteiger partial charge is 0.330 e. The summed E-state index contributed by atoms with van der Waals surface area (Å²) in [6.45, 7) is 10.2. The van der Waals surface area contributed by atoms with Gasteiger partial charge >= 0.3 is 11.9 Å². The molecular weight excluding hydrogens is 356 g/mol. The maximum absolute atomic E-state index is 12.9. The lowest BCUT2D eigenvalue weighted by Crippen LogP contribution is -2.52. The molecule has 0 spiro atoms. The fourth-order valence-electron chi connectivity index (χ4n) is 5.61. The number of fused-ring (bicyclic) bond motifs is 1. The fourth-order valence-corrected chi connectivity index (χ4v) is 5.61. The van der Waals surface area contributed by atoms with Gasteiger partial charge in [0.25, 0.3) is 0 Å². The first kappa shape index (κ1) is 22.4. The minimum absolute atomic E-state index is 0.0119. The highest BCUT2D eigenvalue weighted by Gasteiger charge is 2.55. The molecule has 0 heterocycles. The van der Waals surface area contributed by atoms with E-state index >= 15 is 0 Å². The molecule has 0 aromatic heterocycles. The Hall–Kier alpha value is -1.91. The second kappa shape index (κ2) is 8.62. The van der Waals surface area contributed by atoms with Crippen molar-refractivity contribution in [3.63, 3.8) is 0 Å². The first-order valence-electron chi connectivity index (χ1n) is 10.1. The summed E-state index contributed by atoms with van der Waals surface area (Å²) in [6, 6.07) is 0. The highest BCUT2D eigenvalue weighted by atomic mass is 16.5. The third-order valence-electron chi connectivity index (χ3n) is 6.72. The Morgan fingerprint density at radius 1 is 1.25 bits per heavy atom. The van der Waals surface area contributed by atoms with Gasteiger partial charge in [0.15, 0.2) is 5.78 Å². The van der Waals surface area contributed by atoms with Crippen molar-refractivity contribution in [2.24, 2.45) is 22.7 Å². The van der Waals surface area contributed by atoms with Crippen LogP contribution in [0.25, 0.3) is 0 Å². The van der Waals surface area contributed by atoms with E-state index in [4.69, 9.17) is 9.47 Å². The molecule has 5 nitrogen and oxygen atoms in total. The van der Waals surface area contributed by atoms with Gasteiger partial charge in [0, 0.05) is 18.9 Å². The van der Waals surface area contributed by atoms with Crippen molar-refractivity contribution >= 4 is 17.7 Å². The van der Waals surface area contributed by atoms with E-state index in [0.29, 0.717) is 6.42 Å². The van der Waals surface area contributed by atoms with Crippen LogP contribution in [0.1, 0.15) is 66.7 Å². The average molecular weight is 391 g/mol. The van der Waals surface area contributed by atoms with Gasteiger partial charge in [-0.15, -0.1) is 0 Å². The number of carbonyl (C=O) groups excluding carboxylic acids is 3. The lowest BCUT2D eigenvalue weighted by Gasteiger charge is -2.55. The van der Waals surface area contributed by atoms with Gasteiger partial charge in [0.2, 0.25) is 0 Å². The number of rotatable bonds is 6. The Morgan fingerprint density at radius 2 is 1.93 bits per heavy atom. The van der Waals surface area contributed by atoms with Crippen LogP contribution in [0.2, 0.25) is 0 Å². The second-order valence-corrected chi connectivity index (χ2v) is 9.27. The molecule has 3 atom stereocenters.